The van der Waals surface area contributed by atoms with Crippen molar-refractivity contribution in [1.82, 2.24) is 0 Å². The number of nitrogens with zero attached hydrogens (tertiary/aromatic N) is 2. The van der Waals surface area contributed by atoms with E-state index in [-0.39, 0.29) is 16.6 Å². The fourth-order valence-electron chi connectivity index (χ4n) is 6.81. The van der Waals surface area contributed by atoms with Gasteiger partial charge in [0.15, 0.2) is 5.78 Å². The lowest BCUT2D eigenvalue weighted by Gasteiger charge is -2.45. The quantitative estimate of drug-likeness (QED) is 0.284. The molecule has 3 aromatic rings. The number of rotatable bonds is 1. The van der Waals surface area contributed by atoms with Crippen LogP contribution in [0.2, 0.25) is 0 Å². The number of allylic oxidation sites excluding steroid dienone is 8. The Balaban J connectivity index is 0.000000150. The van der Waals surface area contributed by atoms with Crippen molar-refractivity contribution in [3.63, 3.8) is 0 Å². The number of benzene rings is 3. The van der Waals surface area contributed by atoms with Crippen LogP contribution in [0.4, 0.5) is 11.4 Å². The van der Waals surface area contributed by atoms with Crippen LogP contribution in [-0.4, -0.2) is 25.6 Å². The van der Waals surface area contributed by atoms with Gasteiger partial charge in [-0.05, 0) is 73.6 Å². The van der Waals surface area contributed by atoms with Crippen LogP contribution in [0.25, 0.3) is 6.08 Å². The largest absolute Gasteiger partial charge is 0.463 e. The van der Waals surface area contributed by atoms with Crippen molar-refractivity contribution in [3.05, 3.63) is 143 Å². The Morgan fingerprint density at radius 2 is 1.36 bits per heavy atom. The van der Waals surface area contributed by atoms with Gasteiger partial charge < -0.3 is 14.5 Å². The van der Waals surface area contributed by atoms with Gasteiger partial charge in [-0.2, -0.15) is 0 Å². The SMILES string of the molecule is CN1C(=CC=C2C=CC=CC2=O)C(C)(C)c2ccccc21.CN1c2ccccc2C(C)(C)C12C=Cc1ccccc1O2. The summed E-state index contributed by atoms with van der Waals surface area (Å²) in [6, 6.07) is 25.2. The molecule has 0 amide bonds. The molecule has 0 radical (unpaired) electrons. The van der Waals surface area contributed by atoms with Crippen LogP contribution in [0.3, 0.4) is 0 Å². The molecule has 42 heavy (non-hydrogen) atoms. The topological polar surface area (TPSA) is 32.8 Å². The van der Waals surface area contributed by atoms with Crippen LogP contribution in [0, 0.1) is 0 Å². The predicted octanol–water partition coefficient (Wildman–Crippen LogP) is 8.14. The Bertz CT molecular complexity index is 1720. The van der Waals surface area contributed by atoms with Gasteiger partial charge in [-0.25, -0.2) is 0 Å². The van der Waals surface area contributed by atoms with Gasteiger partial charge in [0, 0.05) is 47.7 Å². The number of likely N-dealkylation sites (N-methyl/N-ethyl adjacent to an activating group) is 2. The number of hydrogen-bond donors (Lipinski definition) is 0. The second-order valence-corrected chi connectivity index (χ2v) is 12.3. The van der Waals surface area contributed by atoms with Gasteiger partial charge in [0.05, 0.1) is 5.41 Å². The molecule has 0 saturated heterocycles. The molecule has 4 heteroatoms. The smallest absolute Gasteiger partial charge is 0.211 e. The number of ether oxygens (including phenoxy) is 1. The van der Waals surface area contributed by atoms with Crippen molar-refractivity contribution in [2.45, 2.75) is 44.2 Å². The summed E-state index contributed by atoms with van der Waals surface area (Å²) >= 11 is 0. The molecule has 1 spiro atoms. The molecule has 1 aliphatic carbocycles. The molecule has 7 rings (SSSR count). The summed E-state index contributed by atoms with van der Waals surface area (Å²) in [4.78, 5) is 16.3. The van der Waals surface area contributed by atoms with Crippen molar-refractivity contribution in [2.24, 2.45) is 0 Å². The molecule has 3 aromatic carbocycles. The molecule has 212 valence electrons. The predicted molar refractivity (Wildman–Crippen MR) is 174 cm³/mol. The average Bonchev–Trinajstić information content (AvgIpc) is 3.29. The summed E-state index contributed by atoms with van der Waals surface area (Å²) in [5.74, 6) is 1.01. The van der Waals surface area contributed by atoms with Gasteiger partial charge in [0.25, 0.3) is 0 Å². The van der Waals surface area contributed by atoms with Crippen molar-refractivity contribution < 1.29 is 9.53 Å². The first-order chi connectivity index (χ1) is 20.1. The third kappa shape index (κ3) is 4.16. The van der Waals surface area contributed by atoms with Crippen molar-refractivity contribution in [1.29, 1.82) is 0 Å². The van der Waals surface area contributed by atoms with E-state index in [0.717, 1.165) is 16.9 Å². The summed E-state index contributed by atoms with van der Waals surface area (Å²) in [6.45, 7) is 8.96. The molecular weight excluding hydrogens is 516 g/mol. The lowest BCUT2D eigenvalue weighted by atomic mass is 9.76. The average molecular weight is 555 g/mol. The summed E-state index contributed by atoms with van der Waals surface area (Å²) in [6.07, 6.45) is 15.5. The first-order valence-corrected chi connectivity index (χ1v) is 14.5. The number of ketones is 1. The molecule has 0 N–H and O–H groups in total. The first kappa shape index (κ1) is 27.6. The fourth-order valence-corrected chi connectivity index (χ4v) is 6.81. The van der Waals surface area contributed by atoms with Crippen LogP contribution >= 0.6 is 0 Å². The molecule has 1 atom stereocenters. The van der Waals surface area contributed by atoms with Crippen LogP contribution in [0.15, 0.2) is 127 Å². The molecule has 3 heterocycles. The van der Waals surface area contributed by atoms with Gasteiger partial charge in [0.2, 0.25) is 5.72 Å². The van der Waals surface area contributed by atoms with E-state index in [9.17, 15) is 4.79 Å². The second-order valence-electron chi connectivity index (χ2n) is 12.3. The number of anilines is 2. The van der Waals surface area contributed by atoms with Gasteiger partial charge >= 0.3 is 0 Å². The summed E-state index contributed by atoms with van der Waals surface area (Å²) in [7, 11) is 4.20. The van der Waals surface area contributed by atoms with Crippen molar-refractivity contribution in [2.75, 3.05) is 23.9 Å². The number of carbonyl (C=O) groups is 1. The van der Waals surface area contributed by atoms with E-state index in [1.54, 1.807) is 12.2 Å². The van der Waals surface area contributed by atoms with Crippen LogP contribution in [0.1, 0.15) is 44.4 Å². The summed E-state index contributed by atoms with van der Waals surface area (Å²) in [5.41, 5.74) is 7.55. The molecule has 0 aromatic heterocycles. The molecule has 0 saturated carbocycles. The Kier molecular flexibility index (Phi) is 6.61. The number of carbonyl (C=O) groups excluding carboxylic acids is 1. The molecule has 4 nitrogen and oxygen atoms in total. The minimum atomic E-state index is -0.467. The van der Waals surface area contributed by atoms with Crippen LogP contribution < -0.4 is 14.5 Å². The first-order valence-electron chi connectivity index (χ1n) is 14.5. The van der Waals surface area contributed by atoms with E-state index in [0.29, 0.717) is 0 Å². The molecule has 0 fully saturated rings. The molecule has 3 aliphatic heterocycles. The standard InChI is InChI=1S/2C19H19NO/c1-18(2)15-9-5-6-10-16(15)20(3)19(18)13-12-14-8-4-7-11-17(14)21-19;1-19(2)15-9-5-6-10-16(15)20(3)18(19)13-12-14-8-4-7-11-17(14)21/h2*4-13H,1-3H3. The highest BCUT2D eigenvalue weighted by atomic mass is 16.5. The van der Waals surface area contributed by atoms with Crippen LogP contribution in [-0.2, 0) is 15.6 Å². The number of para-hydroxylation sites is 3. The second kappa shape index (κ2) is 10.1. The zero-order chi connectivity index (χ0) is 29.7. The molecular formula is C38H38N2O2. The zero-order valence-electron chi connectivity index (χ0n) is 25.3. The Hall–Kier alpha value is -4.57. The summed E-state index contributed by atoms with van der Waals surface area (Å²) < 4.78 is 6.53. The zero-order valence-corrected chi connectivity index (χ0v) is 25.3. The van der Waals surface area contributed by atoms with E-state index >= 15 is 0 Å². The highest BCUT2D eigenvalue weighted by Crippen LogP contribution is 2.54. The lowest BCUT2D eigenvalue weighted by Crippen LogP contribution is -2.58. The maximum absolute atomic E-state index is 11.8. The Morgan fingerprint density at radius 1 is 0.714 bits per heavy atom. The van der Waals surface area contributed by atoms with E-state index in [1.165, 1.54) is 28.2 Å². The Labute approximate surface area is 249 Å². The van der Waals surface area contributed by atoms with Crippen molar-refractivity contribution >= 4 is 23.2 Å². The number of hydrogen-bond acceptors (Lipinski definition) is 4. The maximum atomic E-state index is 11.8. The van der Waals surface area contributed by atoms with Gasteiger partial charge in [-0.15, -0.1) is 0 Å². The number of fused-ring (bicyclic) bond motifs is 3. The van der Waals surface area contributed by atoms with E-state index in [2.05, 4.69) is 124 Å². The van der Waals surface area contributed by atoms with Crippen LogP contribution in [0.5, 0.6) is 5.75 Å². The highest BCUT2D eigenvalue weighted by Gasteiger charge is 2.57. The van der Waals surface area contributed by atoms with E-state index in [1.807, 2.05) is 36.4 Å². The third-order valence-corrected chi connectivity index (χ3v) is 9.29. The highest BCUT2D eigenvalue weighted by molar-refractivity contribution is 6.07. The molecule has 4 aliphatic rings. The minimum Gasteiger partial charge on any atom is -0.463 e. The van der Waals surface area contributed by atoms with Gasteiger partial charge in [-0.3, -0.25) is 4.79 Å². The Morgan fingerprint density at radius 3 is 2.07 bits per heavy atom. The molecule has 1 unspecified atom stereocenters. The monoisotopic (exact) mass is 554 g/mol. The van der Waals surface area contributed by atoms with E-state index < -0.39 is 5.72 Å². The molecule has 0 bridgehead atoms. The maximum Gasteiger partial charge on any atom is 0.211 e. The van der Waals surface area contributed by atoms with Crippen molar-refractivity contribution in [3.8, 4) is 5.75 Å². The van der Waals surface area contributed by atoms with Gasteiger partial charge in [-0.1, -0.05) is 86.7 Å². The lowest BCUT2D eigenvalue weighted by molar-refractivity contribution is -0.111. The van der Waals surface area contributed by atoms with Gasteiger partial charge in [0.1, 0.15) is 5.75 Å². The fraction of sp³-hybridized carbons (Fsp3) is 0.237. The third-order valence-electron chi connectivity index (χ3n) is 9.29. The minimum absolute atomic E-state index is 0.0559. The van der Waals surface area contributed by atoms with E-state index in [4.69, 9.17) is 4.74 Å². The summed E-state index contributed by atoms with van der Waals surface area (Å²) in [5, 5.41) is 0. The normalized spacial score (nSPS) is 23.9.